The summed E-state index contributed by atoms with van der Waals surface area (Å²) in [7, 11) is 0. The molecule has 0 unspecified atom stereocenters. The number of aliphatic carboxylic acids is 1. The number of aromatic carboxylic acids is 1. The van der Waals surface area contributed by atoms with E-state index in [1.165, 1.54) is 6.07 Å². The first-order valence-corrected chi connectivity index (χ1v) is 15.7. The van der Waals surface area contributed by atoms with E-state index in [1.807, 2.05) is 23.7 Å². The van der Waals surface area contributed by atoms with Crippen molar-refractivity contribution in [2.75, 3.05) is 13.1 Å². The summed E-state index contributed by atoms with van der Waals surface area (Å²) in [4.78, 5) is 35.6. The summed E-state index contributed by atoms with van der Waals surface area (Å²) in [6, 6.07) is 13.3. The van der Waals surface area contributed by atoms with Crippen LogP contribution in [0.25, 0.3) is 15.9 Å². The summed E-state index contributed by atoms with van der Waals surface area (Å²) < 4.78 is 56.0. The Labute approximate surface area is 288 Å². The largest absolute Gasteiger partial charge is 0.490 e. The fourth-order valence-electron chi connectivity index (χ4n) is 5.74. The number of pyridine rings is 1. The molecule has 266 valence electrons. The third-order valence-electron chi connectivity index (χ3n) is 8.36. The summed E-state index contributed by atoms with van der Waals surface area (Å²) >= 11 is 0. The molecule has 0 bridgehead atoms. The van der Waals surface area contributed by atoms with Gasteiger partial charge in [-0.15, -0.1) is 5.10 Å². The number of piperidine rings is 1. The van der Waals surface area contributed by atoms with Crippen molar-refractivity contribution in [1.82, 2.24) is 34.4 Å². The van der Waals surface area contributed by atoms with Gasteiger partial charge < -0.3 is 19.5 Å². The minimum atomic E-state index is -5.08. The Bertz CT molecular complexity index is 2070. The molecule has 0 aliphatic carbocycles. The fourth-order valence-corrected chi connectivity index (χ4v) is 5.74. The van der Waals surface area contributed by atoms with Gasteiger partial charge in [-0.25, -0.2) is 33.5 Å². The molecule has 1 aliphatic rings. The molecule has 13 nitrogen and oxygen atoms in total. The number of rotatable bonds is 10. The third kappa shape index (κ3) is 8.83. The maximum Gasteiger partial charge on any atom is 0.490 e. The highest BCUT2D eigenvalue weighted by Crippen LogP contribution is 2.34. The zero-order valence-corrected chi connectivity index (χ0v) is 27.2. The molecule has 2 N–H and O–H groups in total. The van der Waals surface area contributed by atoms with Crippen LogP contribution in [0, 0.1) is 12.4 Å². The maximum atomic E-state index is 14.4. The van der Waals surface area contributed by atoms with Crippen molar-refractivity contribution in [2.45, 2.75) is 58.1 Å². The quantitative estimate of drug-likeness (QED) is 0.129. The molecule has 0 radical (unpaired) electrons. The first kappa shape index (κ1) is 36.4. The van der Waals surface area contributed by atoms with E-state index in [9.17, 15) is 27.5 Å². The van der Waals surface area contributed by atoms with Crippen LogP contribution in [0.5, 0.6) is 5.88 Å². The number of alkyl halides is 3. The average Bonchev–Trinajstić information content (AvgIpc) is 3.71. The lowest BCUT2D eigenvalue weighted by molar-refractivity contribution is -0.192. The molecule has 3 aromatic heterocycles. The molecule has 4 heterocycles. The van der Waals surface area contributed by atoms with Crippen molar-refractivity contribution < 1.29 is 42.1 Å². The van der Waals surface area contributed by atoms with Gasteiger partial charge in [0, 0.05) is 23.9 Å². The van der Waals surface area contributed by atoms with Crippen LogP contribution >= 0.6 is 0 Å². The van der Waals surface area contributed by atoms with E-state index < -0.39 is 23.9 Å². The molecule has 0 amide bonds. The molecule has 2 aromatic carbocycles. The number of likely N-dealkylation sites (tertiary alicyclic amines) is 1. The average molecular weight is 709 g/mol. The molecule has 0 saturated carbocycles. The minimum absolute atomic E-state index is 0.0270. The first-order valence-electron chi connectivity index (χ1n) is 15.7. The van der Waals surface area contributed by atoms with Crippen LogP contribution in [0.15, 0.2) is 60.9 Å². The molecule has 51 heavy (non-hydrogen) atoms. The van der Waals surface area contributed by atoms with Crippen molar-refractivity contribution in [3.8, 4) is 5.88 Å². The summed E-state index contributed by atoms with van der Waals surface area (Å²) in [6.45, 7) is 12.5. The van der Waals surface area contributed by atoms with E-state index in [4.69, 9.17) is 26.2 Å². The monoisotopic (exact) mass is 708 g/mol. The SMILES string of the molecule is O=C(O)C(F)(F)F.[C-]#[N+]c1ccc(COc2ncccc2C2CCN(Cc3nc4ccc(C(=O)O)cc4n3Cc3cnnn3CC)CC2)c(F)c1. The van der Waals surface area contributed by atoms with Crippen LogP contribution < -0.4 is 4.74 Å². The van der Waals surface area contributed by atoms with E-state index in [-0.39, 0.29) is 23.8 Å². The normalized spacial score (nSPS) is 13.7. The lowest BCUT2D eigenvalue weighted by atomic mass is 9.90. The van der Waals surface area contributed by atoms with E-state index in [1.54, 1.807) is 42.7 Å². The number of hydrogen-bond donors (Lipinski definition) is 2. The van der Waals surface area contributed by atoms with Gasteiger partial charge in [-0.2, -0.15) is 13.2 Å². The van der Waals surface area contributed by atoms with Gasteiger partial charge in [0.25, 0.3) is 0 Å². The number of carboxylic acids is 2. The minimum Gasteiger partial charge on any atom is -0.478 e. The zero-order valence-electron chi connectivity index (χ0n) is 27.2. The van der Waals surface area contributed by atoms with Crippen molar-refractivity contribution >= 4 is 28.7 Å². The smallest absolute Gasteiger partial charge is 0.478 e. The molecule has 1 saturated heterocycles. The van der Waals surface area contributed by atoms with Crippen LogP contribution in [0.4, 0.5) is 23.2 Å². The van der Waals surface area contributed by atoms with Gasteiger partial charge in [0.1, 0.15) is 18.2 Å². The van der Waals surface area contributed by atoms with E-state index >= 15 is 0 Å². The van der Waals surface area contributed by atoms with Crippen LogP contribution in [0.3, 0.4) is 0 Å². The van der Waals surface area contributed by atoms with Gasteiger partial charge in [0.2, 0.25) is 5.88 Å². The van der Waals surface area contributed by atoms with Gasteiger partial charge in [-0.05, 0) is 69.1 Å². The molecule has 0 spiro atoms. The van der Waals surface area contributed by atoms with Crippen molar-refractivity contribution in [2.24, 2.45) is 0 Å². The maximum absolute atomic E-state index is 14.4. The topological polar surface area (TPSA) is 153 Å². The fraction of sp³-hybridized carbons (Fsp3) is 0.324. The van der Waals surface area contributed by atoms with Crippen molar-refractivity contribution in [1.29, 1.82) is 0 Å². The van der Waals surface area contributed by atoms with Crippen molar-refractivity contribution in [3.05, 3.63) is 106 Å². The zero-order chi connectivity index (χ0) is 36.7. The standard InChI is InChI=1S/C32H31FN8O3.C2HF3O2/c1-3-41-25(17-36-38-41)18-40-29-15-22(32(42)43)7-9-28(29)37-30(40)19-39-13-10-21(11-14-39)26-5-4-12-35-31(26)44-20-23-6-8-24(34-2)16-27(23)33;3-2(4,5)1(6)7/h4-9,12,15-17,21H,3,10-11,13-14,18-20H2,1H3,(H,42,43);(H,6,7). The Morgan fingerprint density at radius 2 is 1.82 bits per heavy atom. The highest BCUT2D eigenvalue weighted by molar-refractivity contribution is 5.92. The van der Waals surface area contributed by atoms with Crippen LogP contribution in [-0.4, -0.2) is 75.8 Å². The number of halogens is 4. The number of nitrogens with zero attached hydrogens (tertiary/aromatic N) is 8. The van der Waals surface area contributed by atoms with Crippen LogP contribution in [0.1, 0.15) is 58.7 Å². The van der Waals surface area contributed by atoms with E-state index in [0.717, 1.165) is 54.0 Å². The Balaban J connectivity index is 0.000000654. The third-order valence-corrected chi connectivity index (χ3v) is 8.36. The number of hydrogen-bond acceptors (Lipinski definition) is 8. The Kier molecular flexibility index (Phi) is 11.2. The number of aryl methyl sites for hydroxylation is 1. The first-order chi connectivity index (χ1) is 24.4. The Morgan fingerprint density at radius 1 is 1.08 bits per heavy atom. The molecule has 5 aromatic rings. The van der Waals surface area contributed by atoms with Gasteiger partial charge >= 0.3 is 18.1 Å². The summed E-state index contributed by atoms with van der Waals surface area (Å²) in [5, 5.41) is 24.9. The molecule has 17 heteroatoms. The predicted molar refractivity (Wildman–Crippen MR) is 174 cm³/mol. The molecular weight excluding hydrogens is 676 g/mol. The lowest BCUT2D eigenvalue weighted by Crippen LogP contribution is -2.33. The van der Waals surface area contributed by atoms with Crippen LogP contribution in [0.2, 0.25) is 0 Å². The number of benzene rings is 2. The number of imidazole rings is 1. The Hall–Kier alpha value is -5.89. The van der Waals surface area contributed by atoms with Gasteiger partial charge in [-0.3, -0.25) is 4.90 Å². The number of carboxylic acid groups (broad SMARTS) is 2. The molecule has 6 rings (SSSR count). The Morgan fingerprint density at radius 3 is 2.47 bits per heavy atom. The molecule has 0 atom stereocenters. The number of carbonyl (C=O) groups is 2. The highest BCUT2D eigenvalue weighted by atomic mass is 19.4. The van der Waals surface area contributed by atoms with Crippen LogP contribution in [-0.2, 0) is 31.0 Å². The lowest BCUT2D eigenvalue weighted by Gasteiger charge is -2.32. The number of fused-ring (bicyclic) bond motifs is 1. The molecule has 1 fully saturated rings. The van der Waals surface area contributed by atoms with E-state index in [2.05, 4.69) is 29.6 Å². The summed E-state index contributed by atoms with van der Waals surface area (Å²) in [6.07, 6.45) is 0.0841. The second-order valence-corrected chi connectivity index (χ2v) is 11.6. The molecule has 1 aliphatic heterocycles. The predicted octanol–water partition coefficient (Wildman–Crippen LogP) is 6.07. The number of ether oxygens (including phenoxy) is 1. The second kappa shape index (κ2) is 15.8. The second-order valence-electron chi connectivity index (χ2n) is 11.6. The summed E-state index contributed by atoms with van der Waals surface area (Å²) in [5.41, 5.74) is 4.26. The van der Waals surface area contributed by atoms with Gasteiger partial charge in [0.05, 0.1) is 48.1 Å². The highest BCUT2D eigenvalue weighted by Gasteiger charge is 2.38. The van der Waals surface area contributed by atoms with Gasteiger partial charge in [0.15, 0.2) is 5.69 Å². The van der Waals surface area contributed by atoms with Crippen molar-refractivity contribution in [3.63, 3.8) is 0 Å². The summed E-state index contributed by atoms with van der Waals surface area (Å²) in [5.74, 6) is -2.63. The number of aromatic nitrogens is 6. The van der Waals surface area contributed by atoms with Gasteiger partial charge in [-0.1, -0.05) is 23.4 Å². The molecular formula is C34H32F4N8O5. The van der Waals surface area contributed by atoms with E-state index in [0.29, 0.717) is 31.1 Å².